The molecule has 2 aromatic carbocycles. The van der Waals surface area contributed by atoms with Gasteiger partial charge in [0.2, 0.25) is 5.91 Å². The molecule has 3 rings (SSSR count). The van der Waals surface area contributed by atoms with Gasteiger partial charge in [-0.25, -0.2) is 0 Å². The molecule has 0 bridgehead atoms. The lowest BCUT2D eigenvalue weighted by Crippen LogP contribution is -2.39. The van der Waals surface area contributed by atoms with Crippen LogP contribution >= 0.6 is 0 Å². The fourth-order valence-corrected chi connectivity index (χ4v) is 3.43. The molecule has 0 aliphatic carbocycles. The van der Waals surface area contributed by atoms with Crippen LogP contribution in [0.15, 0.2) is 48.5 Å². The van der Waals surface area contributed by atoms with Crippen LogP contribution in [0.25, 0.3) is 0 Å². The number of hydrogen-bond donors (Lipinski definition) is 1. The Morgan fingerprint density at radius 1 is 1.11 bits per heavy atom. The first kappa shape index (κ1) is 19.0. The lowest BCUT2D eigenvalue weighted by atomic mass is 10.0. The van der Waals surface area contributed by atoms with Crippen molar-refractivity contribution in [2.24, 2.45) is 0 Å². The Bertz CT molecular complexity index is 784. The molecule has 1 fully saturated rings. The van der Waals surface area contributed by atoms with E-state index in [2.05, 4.69) is 36.5 Å². The topological polar surface area (TPSA) is 58.6 Å². The summed E-state index contributed by atoms with van der Waals surface area (Å²) < 4.78 is 5.37. The van der Waals surface area contributed by atoms with Crippen molar-refractivity contribution < 1.29 is 14.3 Å². The van der Waals surface area contributed by atoms with Crippen LogP contribution in [0.4, 0.5) is 0 Å². The Labute approximate surface area is 160 Å². The Morgan fingerprint density at radius 2 is 1.81 bits per heavy atom. The van der Waals surface area contributed by atoms with Crippen LogP contribution in [0, 0.1) is 6.92 Å². The van der Waals surface area contributed by atoms with Crippen LogP contribution < -0.4 is 10.1 Å². The monoisotopic (exact) mass is 366 g/mol. The molecule has 2 amide bonds. The van der Waals surface area contributed by atoms with E-state index in [1.807, 2.05) is 11.8 Å². The smallest absolute Gasteiger partial charge is 0.251 e. The van der Waals surface area contributed by atoms with E-state index < -0.39 is 0 Å². The van der Waals surface area contributed by atoms with Crippen molar-refractivity contribution in [1.82, 2.24) is 10.2 Å². The minimum Gasteiger partial charge on any atom is -0.494 e. The largest absolute Gasteiger partial charge is 0.494 e. The lowest BCUT2D eigenvalue weighted by molar-refractivity contribution is -0.131. The van der Waals surface area contributed by atoms with Crippen LogP contribution in [0.1, 0.15) is 47.3 Å². The van der Waals surface area contributed by atoms with Gasteiger partial charge in [-0.15, -0.1) is 0 Å². The molecule has 5 nitrogen and oxygen atoms in total. The van der Waals surface area contributed by atoms with Crippen LogP contribution in [0.3, 0.4) is 0 Å². The zero-order valence-electron chi connectivity index (χ0n) is 15.9. The van der Waals surface area contributed by atoms with Gasteiger partial charge < -0.3 is 15.0 Å². The fraction of sp³-hybridized carbons (Fsp3) is 0.364. The zero-order chi connectivity index (χ0) is 19.2. The Hall–Kier alpha value is -2.82. The molecule has 1 unspecified atom stereocenters. The van der Waals surface area contributed by atoms with Crippen LogP contribution in [-0.4, -0.2) is 36.4 Å². The standard InChI is InChI=1S/C22H26N2O3/c1-3-27-19-12-10-18(11-13-19)22(26)23-15-21(25)24-14-4-5-20(24)17-8-6-16(2)7-9-17/h6-13,20H,3-5,14-15H2,1-2H3,(H,23,26). The summed E-state index contributed by atoms with van der Waals surface area (Å²) >= 11 is 0. The maximum Gasteiger partial charge on any atom is 0.251 e. The lowest BCUT2D eigenvalue weighted by Gasteiger charge is -2.25. The fourth-order valence-electron chi connectivity index (χ4n) is 3.43. The van der Waals surface area contributed by atoms with Gasteiger partial charge in [-0.1, -0.05) is 29.8 Å². The molecule has 0 saturated carbocycles. The predicted octanol–water partition coefficient (Wildman–Crippen LogP) is 3.49. The van der Waals surface area contributed by atoms with Gasteiger partial charge in [0.05, 0.1) is 19.2 Å². The van der Waals surface area contributed by atoms with Gasteiger partial charge in [-0.3, -0.25) is 9.59 Å². The van der Waals surface area contributed by atoms with Crippen molar-refractivity contribution in [1.29, 1.82) is 0 Å². The van der Waals surface area contributed by atoms with Gasteiger partial charge in [-0.2, -0.15) is 0 Å². The normalized spacial score (nSPS) is 16.2. The highest BCUT2D eigenvalue weighted by molar-refractivity contribution is 5.96. The van der Waals surface area contributed by atoms with Crippen LogP contribution in [0.2, 0.25) is 0 Å². The van der Waals surface area contributed by atoms with Crippen molar-refractivity contribution in [2.45, 2.75) is 32.7 Å². The number of hydrogen-bond acceptors (Lipinski definition) is 3. The molecular weight excluding hydrogens is 340 g/mol. The van der Waals surface area contributed by atoms with Gasteiger partial charge in [0.1, 0.15) is 5.75 Å². The third-order valence-electron chi connectivity index (χ3n) is 4.86. The summed E-state index contributed by atoms with van der Waals surface area (Å²) in [4.78, 5) is 26.8. The highest BCUT2D eigenvalue weighted by Crippen LogP contribution is 2.31. The molecular formula is C22H26N2O3. The summed E-state index contributed by atoms with van der Waals surface area (Å²) in [5.41, 5.74) is 2.88. The number of carbonyl (C=O) groups is 2. The third kappa shape index (κ3) is 4.67. The second-order valence-electron chi connectivity index (χ2n) is 6.80. The number of likely N-dealkylation sites (tertiary alicyclic amines) is 1. The molecule has 0 aromatic heterocycles. The number of nitrogens with zero attached hydrogens (tertiary/aromatic N) is 1. The van der Waals surface area contributed by atoms with Gasteiger partial charge in [-0.05, 0) is 56.5 Å². The van der Waals surface area contributed by atoms with E-state index >= 15 is 0 Å². The average Bonchev–Trinajstić information content (AvgIpc) is 3.17. The first-order chi connectivity index (χ1) is 13.1. The molecule has 5 heteroatoms. The first-order valence-electron chi connectivity index (χ1n) is 9.45. The summed E-state index contributed by atoms with van der Waals surface area (Å²) in [5, 5.41) is 2.74. The van der Waals surface area contributed by atoms with Crippen molar-refractivity contribution >= 4 is 11.8 Å². The molecule has 1 aliphatic heterocycles. The molecule has 1 atom stereocenters. The van der Waals surface area contributed by atoms with E-state index in [0.717, 1.165) is 30.7 Å². The second kappa shape index (κ2) is 8.71. The average molecular weight is 366 g/mol. The number of rotatable bonds is 6. The minimum absolute atomic E-state index is 0.00834. The SMILES string of the molecule is CCOc1ccc(C(=O)NCC(=O)N2CCCC2c2ccc(C)cc2)cc1. The minimum atomic E-state index is -0.252. The molecule has 27 heavy (non-hydrogen) atoms. The number of carbonyl (C=O) groups excluding carboxylic acids is 2. The van der Waals surface area contributed by atoms with Crippen molar-refractivity contribution in [3.8, 4) is 5.75 Å². The highest BCUT2D eigenvalue weighted by Gasteiger charge is 2.29. The maximum absolute atomic E-state index is 12.7. The van der Waals surface area contributed by atoms with Gasteiger partial charge in [0.15, 0.2) is 0 Å². The molecule has 1 aliphatic rings. The summed E-state index contributed by atoms with van der Waals surface area (Å²) in [6, 6.07) is 15.3. The summed E-state index contributed by atoms with van der Waals surface area (Å²) in [5.74, 6) is 0.429. The van der Waals surface area contributed by atoms with E-state index in [9.17, 15) is 9.59 Å². The molecule has 0 radical (unpaired) electrons. The number of ether oxygens (including phenoxy) is 1. The first-order valence-corrected chi connectivity index (χ1v) is 9.45. The van der Waals surface area contributed by atoms with E-state index in [4.69, 9.17) is 4.74 Å². The zero-order valence-corrected chi connectivity index (χ0v) is 15.9. The quantitative estimate of drug-likeness (QED) is 0.851. The highest BCUT2D eigenvalue weighted by atomic mass is 16.5. The van der Waals surface area contributed by atoms with Gasteiger partial charge in [0.25, 0.3) is 5.91 Å². The third-order valence-corrected chi connectivity index (χ3v) is 4.86. The van der Waals surface area contributed by atoms with E-state index in [0.29, 0.717) is 12.2 Å². The Kier molecular flexibility index (Phi) is 6.12. The Balaban J connectivity index is 1.57. The van der Waals surface area contributed by atoms with E-state index in [1.54, 1.807) is 24.3 Å². The maximum atomic E-state index is 12.7. The van der Waals surface area contributed by atoms with Crippen LogP contribution in [0.5, 0.6) is 5.75 Å². The molecule has 1 saturated heterocycles. The van der Waals surface area contributed by atoms with Crippen molar-refractivity contribution in [3.63, 3.8) is 0 Å². The van der Waals surface area contributed by atoms with E-state index in [-0.39, 0.29) is 24.4 Å². The molecule has 2 aromatic rings. The summed E-state index contributed by atoms with van der Waals surface area (Å²) in [6.07, 6.45) is 1.94. The number of aryl methyl sites for hydroxylation is 1. The van der Waals surface area contributed by atoms with Gasteiger partial charge >= 0.3 is 0 Å². The summed E-state index contributed by atoms with van der Waals surface area (Å²) in [7, 11) is 0. The Morgan fingerprint density at radius 3 is 2.48 bits per heavy atom. The summed E-state index contributed by atoms with van der Waals surface area (Å²) in [6.45, 7) is 5.29. The van der Waals surface area contributed by atoms with Crippen molar-refractivity contribution in [2.75, 3.05) is 19.7 Å². The molecule has 1 heterocycles. The van der Waals surface area contributed by atoms with Crippen molar-refractivity contribution in [3.05, 3.63) is 65.2 Å². The second-order valence-corrected chi connectivity index (χ2v) is 6.80. The van der Waals surface area contributed by atoms with E-state index in [1.165, 1.54) is 5.56 Å². The van der Waals surface area contributed by atoms with Gasteiger partial charge in [0, 0.05) is 12.1 Å². The van der Waals surface area contributed by atoms with Crippen LogP contribution in [-0.2, 0) is 4.79 Å². The predicted molar refractivity (Wildman–Crippen MR) is 105 cm³/mol. The molecule has 142 valence electrons. The number of benzene rings is 2. The molecule has 1 N–H and O–H groups in total. The number of nitrogens with one attached hydrogen (secondary N) is 1. The number of amides is 2. The molecule has 0 spiro atoms.